The Balaban J connectivity index is 1.47. The number of Topliss-reactive ketones (excluding diaryl/α,β-unsaturated/α-hetero) is 1. The number of ketones is 1. The molecule has 2 fully saturated rings. The van der Waals surface area contributed by atoms with Gasteiger partial charge in [-0.15, -0.1) is 0 Å². The van der Waals surface area contributed by atoms with Crippen molar-refractivity contribution in [2.24, 2.45) is 5.41 Å². The topological polar surface area (TPSA) is 87.7 Å². The fraction of sp³-hybridized carbons (Fsp3) is 0.519. The third-order valence-corrected chi connectivity index (χ3v) is 7.46. The Morgan fingerprint density at radius 3 is 2.60 bits per heavy atom. The first-order chi connectivity index (χ1) is 16.8. The Morgan fingerprint density at radius 2 is 1.91 bits per heavy atom. The van der Waals surface area contributed by atoms with Gasteiger partial charge in [0.15, 0.2) is 5.78 Å². The Labute approximate surface area is 211 Å². The molecule has 8 heteroatoms. The number of rotatable bonds is 10. The zero-order chi connectivity index (χ0) is 24.8. The summed E-state index contributed by atoms with van der Waals surface area (Å²) in [6, 6.07) is 10.4. The summed E-state index contributed by atoms with van der Waals surface area (Å²) in [5.74, 6) is -0.747. The van der Waals surface area contributed by atoms with Crippen molar-refractivity contribution in [3.05, 3.63) is 58.3 Å². The van der Waals surface area contributed by atoms with Crippen molar-refractivity contribution in [2.75, 3.05) is 26.2 Å². The van der Waals surface area contributed by atoms with Crippen LogP contribution in [0, 0.1) is 5.41 Å². The maximum Gasteiger partial charge on any atom is 0.252 e. The molecule has 188 valence electrons. The highest BCUT2D eigenvalue weighted by atomic mass is 32.1. The molecule has 2 saturated heterocycles. The number of carbonyl (C=O) groups excluding carboxylic acids is 3. The summed E-state index contributed by atoms with van der Waals surface area (Å²) < 4.78 is 5.75. The number of amides is 2. The van der Waals surface area contributed by atoms with Crippen molar-refractivity contribution < 1.29 is 19.1 Å². The highest BCUT2D eigenvalue weighted by Crippen LogP contribution is 2.28. The van der Waals surface area contributed by atoms with Crippen LogP contribution in [-0.4, -0.2) is 66.9 Å². The number of nitrogens with one attached hydrogen (secondary N) is 2. The molecule has 3 atom stereocenters. The molecule has 0 radical (unpaired) electrons. The van der Waals surface area contributed by atoms with Crippen molar-refractivity contribution in [1.82, 2.24) is 15.5 Å². The SMILES string of the molecule is CC(C)(Cc1ccccc1)CC(NC(=O)c1ccsc1)C(=O)NC1C(=O)COC1CN1CCCC1. The lowest BCUT2D eigenvalue weighted by molar-refractivity contribution is -0.128. The predicted molar refractivity (Wildman–Crippen MR) is 136 cm³/mol. The third kappa shape index (κ3) is 6.99. The van der Waals surface area contributed by atoms with E-state index in [0.717, 1.165) is 32.4 Å². The summed E-state index contributed by atoms with van der Waals surface area (Å²) in [6.45, 7) is 6.80. The molecule has 35 heavy (non-hydrogen) atoms. The second-order valence-corrected chi connectivity index (χ2v) is 11.2. The van der Waals surface area contributed by atoms with E-state index in [1.54, 1.807) is 11.4 Å². The third-order valence-electron chi connectivity index (χ3n) is 6.78. The van der Waals surface area contributed by atoms with E-state index in [0.29, 0.717) is 18.5 Å². The van der Waals surface area contributed by atoms with Gasteiger partial charge in [-0.1, -0.05) is 44.2 Å². The minimum atomic E-state index is -0.776. The van der Waals surface area contributed by atoms with Crippen molar-refractivity contribution in [3.8, 4) is 0 Å². The summed E-state index contributed by atoms with van der Waals surface area (Å²) in [7, 11) is 0. The minimum absolute atomic E-state index is 0.00881. The van der Waals surface area contributed by atoms with Gasteiger partial charge >= 0.3 is 0 Å². The Bertz CT molecular complexity index is 1000. The molecule has 2 aromatic rings. The normalized spacial score (nSPS) is 21.7. The average Bonchev–Trinajstić information content (AvgIpc) is 3.59. The second-order valence-electron chi connectivity index (χ2n) is 10.4. The zero-order valence-corrected chi connectivity index (χ0v) is 21.3. The molecule has 3 unspecified atom stereocenters. The fourth-order valence-electron chi connectivity index (χ4n) is 5.01. The Hall–Kier alpha value is -2.55. The lowest BCUT2D eigenvalue weighted by Crippen LogP contribution is -2.55. The van der Waals surface area contributed by atoms with E-state index < -0.39 is 12.1 Å². The predicted octanol–water partition coefficient (Wildman–Crippen LogP) is 3.05. The summed E-state index contributed by atoms with van der Waals surface area (Å²) in [6.07, 6.45) is 3.11. The van der Waals surface area contributed by atoms with Gasteiger partial charge in [-0.2, -0.15) is 11.3 Å². The highest BCUT2D eigenvalue weighted by Gasteiger charge is 2.40. The molecule has 2 aliphatic heterocycles. The molecule has 2 amide bonds. The molecule has 3 heterocycles. The van der Waals surface area contributed by atoms with E-state index in [2.05, 4.69) is 41.5 Å². The van der Waals surface area contributed by atoms with Crippen LogP contribution < -0.4 is 10.6 Å². The molecular weight excluding hydrogens is 462 g/mol. The van der Waals surface area contributed by atoms with Gasteiger partial charge in [0, 0.05) is 11.9 Å². The number of hydrogen-bond donors (Lipinski definition) is 2. The van der Waals surface area contributed by atoms with Gasteiger partial charge in [0.25, 0.3) is 5.91 Å². The van der Waals surface area contributed by atoms with Crippen LogP contribution in [0.15, 0.2) is 47.2 Å². The van der Waals surface area contributed by atoms with Crippen LogP contribution in [0.5, 0.6) is 0 Å². The van der Waals surface area contributed by atoms with Gasteiger partial charge in [0.2, 0.25) is 5.91 Å². The van der Waals surface area contributed by atoms with Crippen molar-refractivity contribution >= 4 is 28.9 Å². The van der Waals surface area contributed by atoms with Gasteiger partial charge in [-0.3, -0.25) is 14.4 Å². The molecule has 4 rings (SSSR count). The molecule has 7 nitrogen and oxygen atoms in total. The molecule has 0 saturated carbocycles. The number of ether oxygens (including phenoxy) is 1. The molecule has 0 bridgehead atoms. The molecule has 2 aliphatic rings. The van der Waals surface area contributed by atoms with Crippen LogP contribution in [0.1, 0.15) is 49.0 Å². The number of nitrogens with zero attached hydrogens (tertiary/aromatic N) is 1. The maximum absolute atomic E-state index is 13.5. The Kier molecular flexibility index (Phi) is 8.36. The quantitative estimate of drug-likeness (QED) is 0.527. The first-order valence-electron chi connectivity index (χ1n) is 12.3. The van der Waals surface area contributed by atoms with E-state index >= 15 is 0 Å². The van der Waals surface area contributed by atoms with Crippen LogP contribution in [0.2, 0.25) is 0 Å². The fourth-order valence-corrected chi connectivity index (χ4v) is 5.64. The van der Waals surface area contributed by atoms with Crippen LogP contribution in [0.25, 0.3) is 0 Å². The highest BCUT2D eigenvalue weighted by molar-refractivity contribution is 7.08. The standard InChI is InChI=1S/C27H35N3O4S/c1-27(2,14-19-8-4-3-5-9-19)15-21(28-25(32)20-10-13-35-18-20)26(33)29-24-22(31)17-34-23(24)16-30-11-6-7-12-30/h3-5,8-10,13,18,21,23-24H,6-7,11-12,14-17H2,1-2H3,(H,28,32)(H,29,33). The summed E-state index contributed by atoms with van der Waals surface area (Å²) in [5.41, 5.74) is 1.43. The van der Waals surface area contributed by atoms with Crippen molar-refractivity contribution in [3.63, 3.8) is 0 Å². The number of likely N-dealkylation sites (tertiary alicyclic amines) is 1. The van der Waals surface area contributed by atoms with E-state index in [-0.39, 0.29) is 35.7 Å². The van der Waals surface area contributed by atoms with E-state index in [4.69, 9.17) is 4.74 Å². The largest absolute Gasteiger partial charge is 0.366 e. The van der Waals surface area contributed by atoms with E-state index in [9.17, 15) is 14.4 Å². The van der Waals surface area contributed by atoms with Gasteiger partial charge in [-0.25, -0.2) is 0 Å². The van der Waals surface area contributed by atoms with Crippen molar-refractivity contribution in [1.29, 1.82) is 0 Å². The summed E-state index contributed by atoms with van der Waals surface area (Å²) in [4.78, 5) is 41.3. The molecule has 2 N–H and O–H groups in total. The first-order valence-corrected chi connectivity index (χ1v) is 13.3. The molecule has 0 aliphatic carbocycles. The van der Waals surface area contributed by atoms with Gasteiger partial charge in [-0.05, 0) is 61.2 Å². The molecular formula is C27H35N3O4S. The summed E-state index contributed by atoms with van der Waals surface area (Å²) in [5, 5.41) is 9.47. The van der Waals surface area contributed by atoms with Gasteiger partial charge < -0.3 is 20.3 Å². The molecule has 1 aromatic heterocycles. The average molecular weight is 498 g/mol. The first kappa shape index (κ1) is 25.5. The molecule has 1 aromatic carbocycles. The van der Waals surface area contributed by atoms with Crippen molar-refractivity contribution in [2.45, 2.75) is 57.7 Å². The number of hydrogen-bond acceptors (Lipinski definition) is 6. The Morgan fingerprint density at radius 1 is 1.17 bits per heavy atom. The number of thiophene rings is 1. The number of benzene rings is 1. The molecule has 0 spiro atoms. The van der Waals surface area contributed by atoms with Crippen LogP contribution in [-0.2, 0) is 20.7 Å². The number of carbonyl (C=O) groups is 3. The monoisotopic (exact) mass is 497 g/mol. The smallest absolute Gasteiger partial charge is 0.252 e. The summed E-state index contributed by atoms with van der Waals surface area (Å²) >= 11 is 1.43. The van der Waals surface area contributed by atoms with E-state index in [1.165, 1.54) is 16.9 Å². The van der Waals surface area contributed by atoms with Crippen LogP contribution >= 0.6 is 11.3 Å². The van der Waals surface area contributed by atoms with Gasteiger partial charge in [0.05, 0.1) is 11.7 Å². The van der Waals surface area contributed by atoms with Gasteiger partial charge in [0.1, 0.15) is 18.7 Å². The zero-order valence-electron chi connectivity index (χ0n) is 20.5. The van der Waals surface area contributed by atoms with Crippen LogP contribution in [0.4, 0.5) is 0 Å². The lowest BCUT2D eigenvalue weighted by atomic mass is 9.79. The van der Waals surface area contributed by atoms with E-state index in [1.807, 2.05) is 23.6 Å². The second kappa shape index (κ2) is 11.5. The van der Waals surface area contributed by atoms with Crippen LogP contribution in [0.3, 0.4) is 0 Å². The lowest BCUT2D eigenvalue weighted by Gasteiger charge is -2.31. The minimum Gasteiger partial charge on any atom is -0.366 e. The maximum atomic E-state index is 13.5.